The Morgan fingerprint density at radius 3 is 2.67 bits per heavy atom. The number of likely N-dealkylation sites (tertiary alicyclic amines) is 1. The van der Waals surface area contributed by atoms with Crippen molar-refractivity contribution in [3.05, 3.63) is 29.3 Å². The number of methoxy groups -OCH3 is 1. The number of likely N-dealkylation sites (N-methyl/N-ethyl adjacent to an activating group) is 1. The van der Waals surface area contributed by atoms with Crippen LogP contribution in [0.1, 0.15) is 43.4 Å². The van der Waals surface area contributed by atoms with Crippen LogP contribution < -0.4 is 10.1 Å². The van der Waals surface area contributed by atoms with Crippen LogP contribution in [-0.2, 0) is 6.42 Å². The SMILES string of the molecule is CCC1CCN(C2Cc3ccc(OC)cc3C2NC)CC1. The van der Waals surface area contributed by atoms with Gasteiger partial charge in [0.1, 0.15) is 5.75 Å². The Balaban J connectivity index is 1.76. The van der Waals surface area contributed by atoms with E-state index in [-0.39, 0.29) is 0 Å². The summed E-state index contributed by atoms with van der Waals surface area (Å²) in [5.41, 5.74) is 2.91. The van der Waals surface area contributed by atoms with Crippen molar-refractivity contribution in [3.8, 4) is 5.75 Å². The molecule has 116 valence electrons. The summed E-state index contributed by atoms with van der Waals surface area (Å²) < 4.78 is 5.40. The number of nitrogens with one attached hydrogen (secondary N) is 1. The molecular formula is C18H28N2O. The van der Waals surface area contributed by atoms with E-state index in [2.05, 4.69) is 42.4 Å². The van der Waals surface area contributed by atoms with Crippen molar-refractivity contribution in [3.63, 3.8) is 0 Å². The van der Waals surface area contributed by atoms with E-state index in [1.165, 1.54) is 49.9 Å². The zero-order valence-electron chi connectivity index (χ0n) is 13.6. The Labute approximate surface area is 128 Å². The van der Waals surface area contributed by atoms with Crippen LogP contribution in [0.15, 0.2) is 18.2 Å². The van der Waals surface area contributed by atoms with Crippen molar-refractivity contribution < 1.29 is 4.74 Å². The second-order valence-electron chi connectivity index (χ2n) is 6.49. The van der Waals surface area contributed by atoms with Crippen LogP contribution in [0.4, 0.5) is 0 Å². The van der Waals surface area contributed by atoms with E-state index in [4.69, 9.17) is 4.74 Å². The first-order valence-corrected chi connectivity index (χ1v) is 8.35. The van der Waals surface area contributed by atoms with Crippen molar-refractivity contribution in [1.29, 1.82) is 0 Å². The molecule has 2 aliphatic rings. The van der Waals surface area contributed by atoms with Gasteiger partial charge in [0.2, 0.25) is 0 Å². The molecule has 1 aromatic carbocycles. The standard InChI is InChI=1S/C18H28N2O/c1-4-13-7-9-20(10-8-13)17-11-14-5-6-15(21-3)12-16(14)18(17)19-2/h5-6,12-13,17-19H,4,7-11H2,1-3H3. The van der Waals surface area contributed by atoms with Crippen molar-refractivity contribution in [2.75, 3.05) is 27.2 Å². The first-order chi connectivity index (χ1) is 10.3. The van der Waals surface area contributed by atoms with Crippen molar-refractivity contribution in [1.82, 2.24) is 10.2 Å². The molecule has 1 aliphatic heterocycles. The molecule has 0 spiro atoms. The predicted molar refractivity (Wildman–Crippen MR) is 86.9 cm³/mol. The zero-order valence-corrected chi connectivity index (χ0v) is 13.6. The molecule has 0 amide bonds. The van der Waals surface area contributed by atoms with Crippen LogP contribution >= 0.6 is 0 Å². The van der Waals surface area contributed by atoms with Crippen LogP contribution in [0, 0.1) is 5.92 Å². The summed E-state index contributed by atoms with van der Waals surface area (Å²) >= 11 is 0. The highest BCUT2D eigenvalue weighted by Crippen LogP contribution is 2.38. The molecule has 3 nitrogen and oxygen atoms in total. The minimum Gasteiger partial charge on any atom is -0.497 e. The lowest BCUT2D eigenvalue weighted by molar-refractivity contribution is 0.114. The van der Waals surface area contributed by atoms with Gasteiger partial charge in [-0.3, -0.25) is 4.90 Å². The van der Waals surface area contributed by atoms with Gasteiger partial charge in [-0.1, -0.05) is 19.4 Å². The lowest BCUT2D eigenvalue weighted by Gasteiger charge is -2.38. The van der Waals surface area contributed by atoms with Crippen LogP contribution in [0.5, 0.6) is 5.75 Å². The van der Waals surface area contributed by atoms with Gasteiger partial charge < -0.3 is 10.1 Å². The normalized spacial score (nSPS) is 26.8. The molecule has 2 atom stereocenters. The fourth-order valence-electron chi connectivity index (χ4n) is 4.11. The maximum atomic E-state index is 5.40. The molecule has 21 heavy (non-hydrogen) atoms. The van der Waals surface area contributed by atoms with E-state index in [9.17, 15) is 0 Å². The number of hydrogen-bond acceptors (Lipinski definition) is 3. The molecule has 0 bridgehead atoms. The fourth-order valence-corrected chi connectivity index (χ4v) is 4.11. The Bertz CT molecular complexity index is 480. The number of piperidine rings is 1. The second-order valence-corrected chi connectivity index (χ2v) is 6.49. The van der Waals surface area contributed by atoms with E-state index >= 15 is 0 Å². The van der Waals surface area contributed by atoms with Gasteiger partial charge in [-0.2, -0.15) is 0 Å². The average Bonchev–Trinajstić information content (AvgIpc) is 2.92. The van der Waals surface area contributed by atoms with Gasteiger partial charge in [0.15, 0.2) is 0 Å². The van der Waals surface area contributed by atoms with Crippen molar-refractivity contribution in [2.45, 2.75) is 44.7 Å². The van der Waals surface area contributed by atoms with E-state index in [1.54, 1.807) is 7.11 Å². The third kappa shape index (κ3) is 2.82. The smallest absolute Gasteiger partial charge is 0.119 e. The van der Waals surface area contributed by atoms with Crippen LogP contribution in [0.2, 0.25) is 0 Å². The van der Waals surface area contributed by atoms with Gasteiger partial charge in [0.05, 0.1) is 7.11 Å². The molecule has 3 heteroatoms. The van der Waals surface area contributed by atoms with Crippen LogP contribution in [-0.4, -0.2) is 38.2 Å². The number of benzene rings is 1. The van der Waals surface area contributed by atoms with Gasteiger partial charge in [-0.15, -0.1) is 0 Å². The summed E-state index contributed by atoms with van der Waals surface area (Å²) in [6.45, 7) is 4.84. The molecule has 0 saturated carbocycles. The lowest BCUT2D eigenvalue weighted by atomic mass is 9.92. The van der Waals surface area contributed by atoms with E-state index in [0.29, 0.717) is 12.1 Å². The van der Waals surface area contributed by atoms with Gasteiger partial charge in [-0.25, -0.2) is 0 Å². The maximum absolute atomic E-state index is 5.40. The molecular weight excluding hydrogens is 260 g/mol. The van der Waals surface area contributed by atoms with Gasteiger partial charge in [0.25, 0.3) is 0 Å². The molecule has 1 aromatic rings. The molecule has 0 aromatic heterocycles. The highest BCUT2D eigenvalue weighted by molar-refractivity contribution is 5.42. The van der Waals surface area contributed by atoms with E-state index in [0.717, 1.165) is 11.7 Å². The topological polar surface area (TPSA) is 24.5 Å². The number of rotatable bonds is 4. The summed E-state index contributed by atoms with van der Waals surface area (Å²) in [5, 5.41) is 3.55. The number of hydrogen-bond donors (Lipinski definition) is 1. The van der Waals surface area contributed by atoms with E-state index in [1.807, 2.05) is 0 Å². The molecule has 2 unspecified atom stereocenters. The number of fused-ring (bicyclic) bond motifs is 1. The number of nitrogens with zero attached hydrogens (tertiary/aromatic N) is 1. The number of ether oxygens (including phenoxy) is 1. The highest BCUT2D eigenvalue weighted by Gasteiger charge is 2.36. The largest absolute Gasteiger partial charge is 0.497 e. The Morgan fingerprint density at radius 1 is 1.29 bits per heavy atom. The van der Waals surface area contributed by atoms with Crippen molar-refractivity contribution in [2.24, 2.45) is 5.92 Å². The average molecular weight is 288 g/mol. The molecule has 1 N–H and O–H groups in total. The van der Waals surface area contributed by atoms with Gasteiger partial charge in [-0.05, 0) is 68.6 Å². The molecule has 1 heterocycles. The molecule has 0 radical (unpaired) electrons. The van der Waals surface area contributed by atoms with Gasteiger partial charge in [0, 0.05) is 12.1 Å². The van der Waals surface area contributed by atoms with Crippen LogP contribution in [0.3, 0.4) is 0 Å². The third-order valence-electron chi connectivity index (χ3n) is 5.51. The minimum absolute atomic E-state index is 0.438. The minimum atomic E-state index is 0.438. The predicted octanol–water partition coefficient (Wildman–Crippen LogP) is 3.00. The van der Waals surface area contributed by atoms with Gasteiger partial charge >= 0.3 is 0 Å². The van der Waals surface area contributed by atoms with Crippen molar-refractivity contribution >= 4 is 0 Å². The summed E-state index contributed by atoms with van der Waals surface area (Å²) in [4.78, 5) is 2.71. The Morgan fingerprint density at radius 2 is 2.05 bits per heavy atom. The van der Waals surface area contributed by atoms with E-state index < -0.39 is 0 Å². The summed E-state index contributed by atoms with van der Waals surface area (Å²) in [6.07, 6.45) is 5.24. The highest BCUT2D eigenvalue weighted by atomic mass is 16.5. The quantitative estimate of drug-likeness (QED) is 0.922. The first kappa shape index (κ1) is 14.9. The molecule has 1 fully saturated rings. The second kappa shape index (κ2) is 6.37. The molecule has 1 aliphatic carbocycles. The maximum Gasteiger partial charge on any atom is 0.119 e. The molecule has 1 saturated heterocycles. The monoisotopic (exact) mass is 288 g/mol. The molecule has 3 rings (SSSR count). The zero-order chi connectivity index (χ0) is 14.8. The Kier molecular flexibility index (Phi) is 4.51. The summed E-state index contributed by atoms with van der Waals surface area (Å²) in [6, 6.07) is 7.60. The third-order valence-corrected chi connectivity index (χ3v) is 5.51. The first-order valence-electron chi connectivity index (χ1n) is 8.35. The summed E-state index contributed by atoms with van der Waals surface area (Å²) in [5.74, 6) is 1.91. The lowest BCUT2D eigenvalue weighted by Crippen LogP contribution is -2.46. The summed E-state index contributed by atoms with van der Waals surface area (Å²) in [7, 11) is 3.84. The fraction of sp³-hybridized carbons (Fsp3) is 0.667. The Hall–Kier alpha value is -1.06. The van der Waals surface area contributed by atoms with Crippen LogP contribution in [0.25, 0.3) is 0 Å².